The number of aliphatic hydroxyl groups excluding tert-OH is 2. The summed E-state index contributed by atoms with van der Waals surface area (Å²) < 4.78 is 29.0. The van der Waals surface area contributed by atoms with Gasteiger partial charge in [0.05, 0.1) is 48.4 Å². The Morgan fingerprint density at radius 3 is 1.31 bits per heavy atom. The van der Waals surface area contributed by atoms with Gasteiger partial charge in [0.1, 0.15) is 18.1 Å². The average molecular weight is 1490 g/mol. The molecule has 17 nitrogen and oxygen atoms in total. The van der Waals surface area contributed by atoms with Gasteiger partial charge in [0.15, 0.2) is 16.7 Å². The van der Waals surface area contributed by atoms with E-state index in [0.717, 1.165) is 139 Å². The van der Waals surface area contributed by atoms with E-state index in [2.05, 4.69) is 196 Å². The Morgan fingerprint density at radius 2 is 0.896 bits per heavy atom. The molecule has 0 saturated carbocycles. The predicted octanol–water partition coefficient (Wildman–Crippen LogP) is 18.3. The Balaban J connectivity index is 0.000000165. The number of halogens is 1. The number of benzene rings is 9. The van der Waals surface area contributed by atoms with Crippen molar-refractivity contribution in [2.75, 3.05) is 13.2 Å². The van der Waals surface area contributed by atoms with Gasteiger partial charge in [-0.15, -0.1) is 0 Å². The van der Waals surface area contributed by atoms with Crippen molar-refractivity contribution in [2.24, 2.45) is 11.1 Å². The quantitative estimate of drug-likeness (QED) is 0.0303. The summed E-state index contributed by atoms with van der Waals surface area (Å²) >= 11 is 3.33. The predicted molar refractivity (Wildman–Crippen MR) is 427 cm³/mol. The van der Waals surface area contributed by atoms with Gasteiger partial charge in [-0.1, -0.05) is 177 Å². The molecule has 12 aromatic rings. The fraction of sp³-hybridized carbons (Fsp3) is 0.230. The molecule has 0 spiro atoms. The second kappa shape index (κ2) is 34.9. The van der Waals surface area contributed by atoms with Crippen LogP contribution in [-0.4, -0.2) is 97.5 Å². The molecule has 0 amide bonds. The number of carbonyl (C=O) groups is 4. The molecule has 2 atom stereocenters. The number of aromatic nitrogens is 3. The minimum absolute atomic E-state index is 0.359. The van der Waals surface area contributed by atoms with E-state index in [1.165, 1.54) is 18.1 Å². The van der Waals surface area contributed by atoms with Gasteiger partial charge in [0.2, 0.25) is 0 Å². The molecular formula is C87H88BBrN4O13. The van der Waals surface area contributed by atoms with Gasteiger partial charge in [-0.05, 0) is 251 Å². The summed E-state index contributed by atoms with van der Waals surface area (Å²) in [7, 11) is -0.372. The van der Waals surface area contributed by atoms with E-state index in [1.54, 1.807) is 25.5 Å². The SMILES string of the molecule is Brc1ccc2cnoc2c1.C[C@](N)(CO)C(=O)O.Cc1ccc(C=O)cc1/C=C/c1cccc(-c2ccc3cnoc3c2)c1C.Cc1ccc(C=O)cc1/C=C/c1cccc(B2OC(C)(C)C(C)(C)O2)c1C.Cc1ccc(CC[C@@](C)(CO)C(=O)O)cc1/C=C/c1cccc(-c2ccc3cnoc3c2)c1C. The van der Waals surface area contributed by atoms with Crippen molar-refractivity contribution in [3.63, 3.8) is 0 Å². The second-order valence-corrected chi connectivity index (χ2v) is 28.8. The standard InChI is InChI=1S/C29H29NO4.C24H19NO2.C23H27BO3.C7H4BrNO.C4H9NO3/c1-19-7-8-21(13-14-29(3,18-31)28(32)33)15-23(19)10-9-22-5-4-6-26(20(22)2)24-11-12-25-17-30-34-27(25)16-24;1-16-6-7-18(15-26)12-20(16)9-8-19-4-3-5-23(17(19)2)21-10-11-22-14-25-27-24(22)13-21;1-16-10-11-18(15-25)14-20(16)13-12-19-8-7-9-21(17(19)2)24-26-22(3,4)23(5,6)27-24;8-6-2-1-5-4-9-10-7(5)3-6;1-4(5,2-6)3(7)8/h4-12,15-17,31H,13-14,18H2,1-3H3,(H,32,33);3-15H,1-2H3;7-15H,1-6H3;1-4H;6H,2,5H2,1H3,(H,7,8)/b10-9+;9-8+;13-12+;;/t29-;;;;4-/m0...0/s1. The molecule has 3 aromatic heterocycles. The number of aldehydes is 2. The Hall–Kier alpha value is -10.8. The molecule has 0 aliphatic carbocycles. The maximum absolute atomic E-state index is 11.5. The van der Waals surface area contributed by atoms with Gasteiger partial charge in [0, 0.05) is 31.8 Å². The van der Waals surface area contributed by atoms with Gasteiger partial charge in [-0.3, -0.25) is 19.2 Å². The number of nitrogens with zero attached hydrogens (tertiary/aromatic N) is 3. The van der Waals surface area contributed by atoms with Crippen molar-refractivity contribution in [2.45, 2.75) is 113 Å². The summed E-state index contributed by atoms with van der Waals surface area (Å²) in [4.78, 5) is 43.5. The van der Waals surface area contributed by atoms with Crippen LogP contribution in [0.3, 0.4) is 0 Å². The number of carboxylic acid groups (broad SMARTS) is 2. The number of aryl methyl sites for hydroxylation is 4. The van der Waals surface area contributed by atoms with Crippen LogP contribution in [0.4, 0.5) is 0 Å². The zero-order valence-corrected chi connectivity index (χ0v) is 63.2. The van der Waals surface area contributed by atoms with Crippen molar-refractivity contribution in [3.05, 3.63) is 270 Å². The number of aliphatic carboxylic acids is 2. The summed E-state index contributed by atoms with van der Waals surface area (Å²) in [6, 6.07) is 54.4. The normalized spacial score (nSPS) is 14.1. The van der Waals surface area contributed by atoms with Crippen LogP contribution in [0.1, 0.15) is 141 Å². The third-order valence-electron chi connectivity index (χ3n) is 19.5. The summed E-state index contributed by atoms with van der Waals surface area (Å²) in [5.74, 6) is -2.17. The van der Waals surface area contributed by atoms with Gasteiger partial charge in [-0.25, -0.2) is 0 Å². The van der Waals surface area contributed by atoms with Crippen molar-refractivity contribution in [1.82, 2.24) is 15.5 Å². The Bertz CT molecular complexity index is 5220. The van der Waals surface area contributed by atoms with Crippen LogP contribution >= 0.6 is 15.9 Å². The van der Waals surface area contributed by atoms with Crippen LogP contribution in [0, 0.1) is 47.0 Å². The van der Waals surface area contributed by atoms with Crippen LogP contribution in [-0.2, 0) is 25.3 Å². The first kappa shape index (κ1) is 79.4. The fourth-order valence-corrected chi connectivity index (χ4v) is 11.7. The minimum atomic E-state index is -1.49. The van der Waals surface area contributed by atoms with E-state index in [-0.39, 0.29) is 24.9 Å². The maximum atomic E-state index is 11.5. The number of hydrogen-bond donors (Lipinski definition) is 5. The van der Waals surface area contributed by atoms with Crippen LogP contribution < -0.4 is 11.2 Å². The van der Waals surface area contributed by atoms with E-state index in [0.29, 0.717) is 24.0 Å². The van der Waals surface area contributed by atoms with Gasteiger partial charge >= 0.3 is 19.1 Å². The lowest BCUT2D eigenvalue weighted by molar-refractivity contribution is -0.150. The van der Waals surface area contributed by atoms with Crippen LogP contribution in [0.2, 0.25) is 0 Å². The summed E-state index contributed by atoms with van der Waals surface area (Å²) in [6.07, 6.45) is 20.4. The highest BCUT2D eigenvalue weighted by molar-refractivity contribution is 9.10. The van der Waals surface area contributed by atoms with Crippen LogP contribution in [0.15, 0.2) is 200 Å². The Kier molecular flexibility index (Phi) is 26.1. The fourth-order valence-electron chi connectivity index (χ4n) is 11.4. The first-order valence-corrected chi connectivity index (χ1v) is 35.3. The zero-order chi connectivity index (χ0) is 76.7. The molecule has 6 N–H and O–H groups in total. The van der Waals surface area contributed by atoms with E-state index < -0.39 is 29.5 Å². The maximum Gasteiger partial charge on any atom is 0.495 e. The van der Waals surface area contributed by atoms with Gasteiger partial charge in [-0.2, -0.15) is 0 Å². The molecule has 1 fully saturated rings. The largest absolute Gasteiger partial charge is 0.495 e. The molecule has 544 valence electrons. The summed E-state index contributed by atoms with van der Waals surface area (Å²) in [5.41, 5.74) is 25.5. The first-order valence-electron chi connectivity index (χ1n) is 34.5. The van der Waals surface area contributed by atoms with E-state index >= 15 is 0 Å². The molecule has 9 aromatic carbocycles. The number of aliphatic hydroxyl groups is 2. The van der Waals surface area contributed by atoms with Crippen LogP contribution in [0.25, 0.3) is 91.6 Å². The van der Waals surface area contributed by atoms with Crippen molar-refractivity contribution >= 4 is 122 Å². The molecule has 1 aliphatic rings. The zero-order valence-electron chi connectivity index (χ0n) is 61.6. The highest BCUT2D eigenvalue weighted by atomic mass is 79.9. The topological polar surface area (TPSA) is 272 Å². The molecule has 0 radical (unpaired) electrons. The lowest BCUT2D eigenvalue weighted by Gasteiger charge is -2.32. The Morgan fingerprint density at radius 1 is 0.491 bits per heavy atom. The number of hydrogen-bond acceptors (Lipinski definition) is 15. The summed E-state index contributed by atoms with van der Waals surface area (Å²) in [6.45, 7) is 22.7. The van der Waals surface area contributed by atoms with Crippen LogP contribution in [0.5, 0.6) is 0 Å². The van der Waals surface area contributed by atoms with Gasteiger partial charge < -0.3 is 49.0 Å². The van der Waals surface area contributed by atoms with Gasteiger partial charge in [0.25, 0.3) is 0 Å². The number of rotatable bonds is 18. The molecular weight excluding hydrogens is 1400 g/mol. The smallest absolute Gasteiger partial charge is 0.481 e. The molecule has 0 bridgehead atoms. The highest BCUT2D eigenvalue weighted by Gasteiger charge is 2.52. The van der Waals surface area contributed by atoms with E-state index in [1.807, 2.05) is 105 Å². The first-order chi connectivity index (χ1) is 50.5. The second-order valence-electron chi connectivity index (χ2n) is 27.9. The van der Waals surface area contributed by atoms with Crippen molar-refractivity contribution in [1.29, 1.82) is 0 Å². The van der Waals surface area contributed by atoms with E-state index in [4.69, 9.17) is 38.8 Å². The van der Waals surface area contributed by atoms with Crippen molar-refractivity contribution in [3.8, 4) is 22.3 Å². The van der Waals surface area contributed by atoms with Crippen molar-refractivity contribution < 1.29 is 62.5 Å². The molecule has 106 heavy (non-hydrogen) atoms. The highest BCUT2D eigenvalue weighted by Crippen LogP contribution is 2.38. The average Bonchev–Trinajstić information content (AvgIpc) is 1.58. The number of nitrogens with two attached hydrogens (primary N) is 1. The minimum Gasteiger partial charge on any atom is -0.481 e. The molecule has 13 rings (SSSR count). The van der Waals surface area contributed by atoms with E-state index in [9.17, 15) is 29.4 Å². The third kappa shape index (κ3) is 19.6. The monoisotopic (exact) mass is 1490 g/mol. The lowest BCUT2D eigenvalue weighted by Crippen LogP contribution is -2.48. The number of carbonyl (C=O) groups excluding carboxylic acids is 2. The molecule has 4 heterocycles. The summed E-state index contributed by atoms with van der Waals surface area (Å²) in [5, 5.41) is 49.7. The lowest BCUT2D eigenvalue weighted by atomic mass is 9.75. The molecule has 1 aliphatic heterocycles. The third-order valence-corrected chi connectivity index (χ3v) is 20.0. The Labute approximate surface area is 626 Å². The number of carboxylic acids is 2. The molecule has 1 saturated heterocycles. The molecule has 19 heteroatoms. The number of fused-ring (bicyclic) bond motifs is 3. The molecule has 0 unspecified atom stereocenters.